The number of nitrogens with one attached hydrogen (secondary N) is 1. The molecule has 0 radical (unpaired) electrons. The summed E-state index contributed by atoms with van der Waals surface area (Å²) in [6.45, 7) is 11.7. The van der Waals surface area contributed by atoms with E-state index in [-0.39, 0.29) is 5.91 Å². The van der Waals surface area contributed by atoms with Gasteiger partial charge in [0.25, 0.3) is 5.91 Å². The van der Waals surface area contributed by atoms with Crippen LogP contribution in [0.15, 0.2) is 89.8 Å². The third-order valence-corrected chi connectivity index (χ3v) is 10.5. The number of carbonyl (C=O) groups excluding carboxylic acids is 1. The average molecular weight is 677 g/mol. The lowest BCUT2D eigenvalue weighted by molar-refractivity contribution is 0.0984. The minimum atomic E-state index is -0.115. The molecule has 1 N–H and O–H groups in total. The summed E-state index contributed by atoms with van der Waals surface area (Å²) >= 11 is 7.70. The summed E-state index contributed by atoms with van der Waals surface area (Å²) < 4.78 is 13.5. The lowest BCUT2D eigenvalue weighted by Crippen LogP contribution is -2.15. The lowest BCUT2D eigenvalue weighted by atomic mass is 9.98. The number of ether oxygens (including phenoxy) is 1. The molecule has 0 fully saturated rings. The standard InChI is InChI=1S/C40H41ClN4O2S/c1-25-22-32(23-26(2)38(25)41)47-21-11-16-34-28(4)45(39-35(34)14-10-15-36(39)37-27(3)42-44(6)29(37)5)24-30-17-19-31(20-18-30)40(46)43-48-33-12-8-7-9-13-33/h7-10,12-15,17-20,22-23H,11,16,21,24H2,1-6H3,(H,43,46). The number of hydrogen-bond acceptors (Lipinski definition) is 4. The number of carbonyl (C=O) groups is 1. The monoisotopic (exact) mass is 676 g/mol. The fourth-order valence-electron chi connectivity index (χ4n) is 6.51. The van der Waals surface area contributed by atoms with E-state index in [9.17, 15) is 4.79 Å². The van der Waals surface area contributed by atoms with Crippen LogP contribution in [0.2, 0.25) is 5.02 Å². The van der Waals surface area contributed by atoms with Gasteiger partial charge in [-0.15, -0.1) is 0 Å². The molecule has 0 aliphatic rings. The Morgan fingerprint density at radius 2 is 1.60 bits per heavy atom. The number of amides is 1. The Balaban J connectivity index is 1.29. The Morgan fingerprint density at radius 3 is 2.27 bits per heavy atom. The molecule has 0 saturated carbocycles. The van der Waals surface area contributed by atoms with Crippen LogP contribution in [0.4, 0.5) is 0 Å². The number of rotatable bonds is 11. The van der Waals surface area contributed by atoms with Crippen molar-refractivity contribution in [3.05, 3.63) is 135 Å². The predicted molar refractivity (Wildman–Crippen MR) is 198 cm³/mol. The minimum Gasteiger partial charge on any atom is -0.494 e. The highest BCUT2D eigenvalue weighted by Gasteiger charge is 2.21. The Hall–Kier alpha value is -4.46. The molecule has 0 bridgehead atoms. The Labute approximate surface area is 292 Å². The summed E-state index contributed by atoms with van der Waals surface area (Å²) in [5.41, 5.74) is 12.1. The number of halogens is 1. The van der Waals surface area contributed by atoms with Crippen LogP contribution in [-0.4, -0.2) is 26.9 Å². The molecule has 1 amide bonds. The van der Waals surface area contributed by atoms with Gasteiger partial charge in [0.1, 0.15) is 5.75 Å². The number of benzene rings is 4. The van der Waals surface area contributed by atoms with Gasteiger partial charge < -0.3 is 9.30 Å². The summed E-state index contributed by atoms with van der Waals surface area (Å²) in [4.78, 5) is 13.9. The normalized spacial score (nSPS) is 11.3. The maximum Gasteiger partial charge on any atom is 0.261 e. The zero-order valence-electron chi connectivity index (χ0n) is 28.4. The number of aryl methyl sites for hydroxylation is 5. The molecule has 0 spiro atoms. The van der Waals surface area contributed by atoms with Gasteiger partial charge >= 0.3 is 0 Å². The SMILES string of the molecule is Cc1cc(OCCCc2c(C)n(Cc3ccc(C(=O)NSc4ccccc4)cc3)c3c(-c4c(C)nn(C)c4C)cccc23)cc(C)c1Cl. The number of para-hydroxylation sites is 1. The fraction of sp³-hybridized carbons (Fsp3) is 0.250. The van der Waals surface area contributed by atoms with Crippen molar-refractivity contribution < 1.29 is 9.53 Å². The van der Waals surface area contributed by atoms with Crippen LogP contribution in [0.5, 0.6) is 5.75 Å². The van der Waals surface area contributed by atoms with E-state index in [0.717, 1.165) is 56.6 Å². The average Bonchev–Trinajstić information content (AvgIpc) is 3.50. The third-order valence-electron chi connectivity index (χ3n) is 9.06. The van der Waals surface area contributed by atoms with E-state index in [1.807, 2.05) is 80.2 Å². The van der Waals surface area contributed by atoms with Gasteiger partial charge in [0.15, 0.2) is 0 Å². The van der Waals surface area contributed by atoms with Gasteiger partial charge in [-0.1, -0.05) is 60.1 Å². The van der Waals surface area contributed by atoms with Crippen molar-refractivity contribution in [3.8, 4) is 16.9 Å². The largest absolute Gasteiger partial charge is 0.494 e. The van der Waals surface area contributed by atoms with Crippen molar-refractivity contribution in [1.82, 2.24) is 19.1 Å². The van der Waals surface area contributed by atoms with Gasteiger partial charge in [0.05, 0.1) is 17.8 Å². The van der Waals surface area contributed by atoms with Gasteiger partial charge in [0, 0.05) is 57.0 Å². The van der Waals surface area contributed by atoms with E-state index in [4.69, 9.17) is 21.4 Å². The highest BCUT2D eigenvalue weighted by Crippen LogP contribution is 2.38. The quantitative estimate of drug-likeness (QED) is 0.110. The number of fused-ring (bicyclic) bond motifs is 1. The van der Waals surface area contributed by atoms with Gasteiger partial charge in [0.2, 0.25) is 0 Å². The van der Waals surface area contributed by atoms with Crippen LogP contribution in [0.25, 0.3) is 22.0 Å². The topological polar surface area (TPSA) is 61.1 Å². The maximum atomic E-state index is 12.9. The first-order valence-corrected chi connectivity index (χ1v) is 17.4. The van der Waals surface area contributed by atoms with Crippen LogP contribution in [-0.2, 0) is 20.0 Å². The highest BCUT2D eigenvalue weighted by atomic mass is 35.5. The highest BCUT2D eigenvalue weighted by molar-refractivity contribution is 7.98. The number of hydrogen-bond donors (Lipinski definition) is 1. The maximum absolute atomic E-state index is 12.9. The van der Waals surface area contributed by atoms with Crippen molar-refractivity contribution in [2.24, 2.45) is 7.05 Å². The van der Waals surface area contributed by atoms with Gasteiger partial charge in [-0.05, 0) is 118 Å². The van der Waals surface area contributed by atoms with E-state index >= 15 is 0 Å². The second-order valence-electron chi connectivity index (χ2n) is 12.4. The van der Waals surface area contributed by atoms with E-state index in [2.05, 4.69) is 60.4 Å². The molecule has 48 heavy (non-hydrogen) atoms. The molecular weight excluding hydrogens is 636 g/mol. The summed E-state index contributed by atoms with van der Waals surface area (Å²) in [6, 6.07) is 28.4. The van der Waals surface area contributed by atoms with Crippen molar-refractivity contribution in [2.45, 2.75) is 58.9 Å². The van der Waals surface area contributed by atoms with Gasteiger partial charge in [-0.3, -0.25) is 14.2 Å². The predicted octanol–water partition coefficient (Wildman–Crippen LogP) is 9.73. The first kappa shape index (κ1) is 33.4. The van der Waals surface area contributed by atoms with Gasteiger partial charge in [-0.2, -0.15) is 5.10 Å². The van der Waals surface area contributed by atoms with Crippen molar-refractivity contribution in [3.63, 3.8) is 0 Å². The molecule has 6 aromatic rings. The summed E-state index contributed by atoms with van der Waals surface area (Å²) in [5, 5.41) is 6.79. The molecule has 2 heterocycles. The third kappa shape index (κ3) is 6.89. The first-order chi connectivity index (χ1) is 23.1. The molecule has 6 nitrogen and oxygen atoms in total. The number of aromatic nitrogens is 3. The van der Waals surface area contributed by atoms with Crippen LogP contribution in [0, 0.1) is 34.6 Å². The zero-order valence-corrected chi connectivity index (χ0v) is 29.9. The van der Waals surface area contributed by atoms with Crippen LogP contribution < -0.4 is 9.46 Å². The van der Waals surface area contributed by atoms with E-state index < -0.39 is 0 Å². The van der Waals surface area contributed by atoms with Crippen LogP contribution in [0.3, 0.4) is 0 Å². The molecule has 246 valence electrons. The van der Waals surface area contributed by atoms with Crippen LogP contribution in [0.1, 0.15) is 56.1 Å². The van der Waals surface area contributed by atoms with Crippen molar-refractivity contribution in [2.75, 3.05) is 6.61 Å². The Morgan fingerprint density at radius 1 is 0.896 bits per heavy atom. The summed E-state index contributed by atoms with van der Waals surface area (Å²) in [7, 11) is 2.00. The molecule has 0 atom stereocenters. The molecule has 2 aromatic heterocycles. The van der Waals surface area contributed by atoms with E-state index in [1.165, 1.54) is 45.2 Å². The Bertz CT molecular complexity index is 2080. The number of nitrogens with zero attached hydrogens (tertiary/aromatic N) is 3. The molecule has 0 aliphatic heterocycles. The van der Waals surface area contributed by atoms with E-state index in [1.54, 1.807) is 0 Å². The summed E-state index contributed by atoms with van der Waals surface area (Å²) in [6.07, 6.45) is 1.76. The molecule has 8 heteroatoms. The second-order valence-corrected chi connectivity index (χ2v) is 13.6. The van der Waals surface area contributed by atoms with E-state index in [0.29, 0.717) is 18.7 Å². The van der Waals surface area contributed by atoms with Crippen molar-refractivity contribution in [1.29, 1.82) is 0 Å². The summed E-state index contributed by atoms with van der Waals surface area (Å²) in [5.74, 6) is 0.741. The molecular formula is C40H41ClN4O2S. The Kier molecular flexibility index (Phi) is 9.99. The molecule has 6 rings (SSSR count). The molecule has 4 aromatic carbocycles. The van der Waals surface area contributed by atoms with Crippen LogP contribution >= 0.6 is 23.5 Å². The molecule has 0 saturated heterocycles. The first-order valence-electron chi connectivity index (χ1n) is 16.2. The minimum absolute atomic E-state index is 0.115. The lowest BCUT2D eigenvalue weighted by Gasteiger charge is -2.13. The van der Waals surface area contributed by atoms with Gasteiger partial charge in [-0.25, -0.2) is 0 Å². The van der Waals surface area contributed by atoms with Crippen molar-refractivity contribution >= 4 is 40.4 Å². The molecule has 0 unspecified atom stereocenters. The molecule has 0 aliphatic carbocycles. The zero-order chi connectivity index (χ0) is 33.9. The smallest absolute Gasteiger partial charge is 0.261 e. The fourth-order valence-corrected chi connectivity index (χ4v) is 7.24. The second kappa shape index (κ2) is 14.3.